The number of likely N-dealkylation sites (tertiary alicyclic amines) is 1. The van der Waals surface area contributed by atoms with Crippen molar-refractivity contribution < 1.29 is 0 Å². The normalized spacial score (nSPS) is 17.8. The van der Waals surface area contributed by atoms with Gasteiger partial charge in [0.05, 0.1) is 5.71 Å². The van der Waals surface area contributed by atoms with Crippen molar-refractivity contribution in [2.45, 2.75) is 39.2 Å². The molecule has 1 saturated heterocycles. The summed E-state index contributed by atoms with van der Waals surface area (Å²) >= 11 is 1.79. The molecule has 0 radical (unpaired) electrons. The van der Waals surface area contributed by atoms with Crippen LogP contribution in [0.25, 0.3) is 0 Å². The van der Waals surface area contributed by atoms with Gasteiger partial charge in [-0.1, -0.05) is 19.4 Å². The topological polar surface area (TPSA) is 39.5 Å². The number of nitrogens with one attached hydrogen (secondary N) is 1. The number of hydrogen-bond donors (Lipinski definition) is 1. The van der Waals surface area contributed by atoms with E-state index in [0.717, 1.165) is 17.1 Å². The molecule has 0 aromatic carbocycles. The summed E-state index contributed by atoms with van der Waals surface area (Å²) in [5.41, 5.74) is 0.905. The minimum atomic E-state index is 0.227. The summed E-state index contributed by atoms with van der Waals surface area (Å²) in [6, 6.07) is 4.31. The Morgan fingerprint density at radius 3 is 2.70 bits per heavy atom. The predicted molar refractivity (Wildman–Crippen MR) is 88.2 cm³/mol. The number of aliphatic imine (C=N–C) groups is 1. The number of amidine groups is 1. The van der Waals surface area contributed by atoms with E-state index in [9.17, 15) is 0 Å². The van der Waals surface area contributed by atoms with Gasteiger partial charge in [-0.3, -0.25) is 10.3 Å². The summed E-state index contributed by atoms with van der Waals surface area (Å²) in [7, 11) is 0. The third-order valence-corrected chi connectivity index (χ3v) is 4.76. The Morgan fingerprint density at radius 1 is 1.35 bits per heavy atom. The van der Waals surface area contributed by atoms with E-state index in [0.29, 0.717) is 0 Å². The van der Waals surface area contributed by atoms with Crippen LogP contribution in [0.3, 0.4) is 0 Å². The van der Waals surface area contributed by atoms with E-state index in [4.69, 9.17) is 5.41 Å². The Bertz CT molecular complexity index is 494. The van der Waals surface area contributed by atoms with Crippen LogP contribution in [-0.2, 0) is 6.54 Å². The highest BCUT2D eigenvalue weighted by atomic mass is 32.1. The largest absolute Gasteiger partial charge is 0.298 e. The first-order valence-corrected chi connectivity index (χ1v) is 8.08. The van der Waals surface area contributed by atoms with Gasteiger partial charge in [-0.05, 0) is 51.1 Å². The fourth-order valence-electron chi connectivity index (χ4n) is 2.45. The Balaban J connectivity index is 1.99. The Kier molecular flexibility index (Phi) is 5.68. The van der Waals surface area contributed by atoms with E-state index in [2.05, 4.69) is 28.6 Å². The van der Waals surface area contributed by atoms with Crippen molar-refractivity contribution in [3.63, 3.8) is 0 Å². The highest BCUT2D eigenvalue weighted by Crippen LogP contribution is 2.21. The van der Waals surface area contributed by atoms with Gasteiger partial charge in [-0.2, -0.15) is 0 Å². The first-order chi connectivity index (χ1) is 9.69. The van der Waals surface area contributed by atoms with Gasteiger partial charge in [0.1, 0.15) is 5.84 Å². The highest BCUT2D eigenvalue weighted by Gasteiger charge is 2.11. The van der Waals surface area contributed by atoms with Crippen LogP contribution in [0.5, 0.6) is 0 Å². The lowest BCUT2D eigenvalue weighted by molar-refractivity contribution is 0.279. The molecule has 1 N–H and O–H groups in total. The van der Waals surface area contributed by atoms with Gasteiger partial charge in [0, 0.05) is 16.3 Å². The maximum atomic E-state index is 7.54. The molecule has 1 aliphatic heterocycles. The van der Waals surface area contributed by atoms with Gasteiger partial charge in [0.2, 0.25) is 0 Å². The molecule has 0 unspecified atom stereocenters. The van der Waals surface area contributed by atoms with Crippen molar-refractivity contribution in [1.82, 2.24) is 4.90 Å². The molecule has 2 rings (SSSR count). The molecule has 20 heavy (non-hydrogen) atoms. The number of rotatable bonds is 4. The van der Waals surface area contributed by atoms with E-state index in [1.54, 1.807) is 11.3 Å². The molecule has 0 saturated carbocycles. The third-order valence-electron chi connectivity index (χ3n) is 3.58. The minimum absolute atomic E-state index is 0.227. The zero-order valence-corrected chi connectivity index (χ0v) is 13.0. The van der Waals surface area contributed by atoms with Crippen LogP contribution in [0.15, 0.2) is 29.8 Å². The fourth-order valence-corrected chi connectivity index (χ4v) is 3.45. The molecule has 0 aliphatic carbocycles. The molecule has 0 amide bonds. The summed E-state index contributed by atoms with van der Waals surface area (Å²) in [5, 5.41) is 7.54. The van der Waals surface area contributed by atoms with Crippen molar-refractivity contribution >= 4 is 22.9 Å². The smallest absolute Gasteiger partial charge is 0.144 e. The standard InChI is InChI=1S/C16H23N3S/c1-3-16(17)18-13(2)15-9-8-14(20-15)12-19-10-6-4-5-7-11-19/h3,8-9,17H,1,4-7,10-12H2,2H3. The second-order valence-electron chi connectivity index (χ2n) is 5.24. The first-order valence-electron chi connectivity index (χ1n) is 7.27. The Hall–Kier alpha value is -1.26. The molecule has 4 heteroatoms. The van der Waals surface area contributed by atoms with Crippen LogP contribution < -0.4 is 0 Å². The average molecular weight is 289 g/mol. The van der Waals surface area contributed by atoms with Gasteiger partial charge in [-0.25, -0.2) is 4.99 Å². The molecule has 1 fully saturated rings. The molecular formula is C16H23N3S. The summed E-state index contributed by atoms with van der Waals surface area (Å²) < 4.78 is 0. The zero-order chi connectivity index (χ0) is 14.4. The van der Waals surface area contributed by atoms with Crippen molar-refractivity contribution in [1.29, 1.82) is 5.41 Å². The van der Waals surface area contributed by atoms with Crippen LogP contribution in [0.4, 0.5) is 0 Å². The molecule has 1 aliphatic rings. The number of nitrogens with zero attached hydrogens (tertiary/aromatic N) is 2. The monoisotopic (exact) mass is 289 g/mol. The van der Waals surface area contributed by atoms with Crippen molar-refractivity contribution in [3.05, 3.63) is 34.5 Å². The van der Waals surface area contributed by atoms with E-state index < -0.39 is 0 Å². The average Bonchev–Trinajstić information content (AvgIpc) is 2.75. The second-order valence-corrected chi connectivity index (χ2v) is 6.41. The quantitative estimate of drug-likeness (QED) is 0.658. The molecule has 1 aromatic rings. The summed E-state index contributed by atoms with van der Waals surface area (Å²) in [4.78, 5) is 9.32. The lowest BCUT2D eigenvalue weighted by Crippen LogP contribution is -2.23. The molecule has 108 valence electrons. The van der Waals surface area contributed by atoms with Crippen molar-refractivity contribution in [2.24, 2.45) is 4.99 Å². The van der Waals surface area contributed by atoms with Crippen LogP contribution in [-0.4, -0.2) is 29.5 Å². The van der Waals surface area contributed by atoms with Crippen molar-refractivity contribution in [2.75, 3.05) is 13.1 Å². The van der Waals surface area contributed by atoms with Gasteiger partial charge >= 0.3 is 0 Å². The summed E-state index contributed by atoms with van der Waals surface area (Å²) in [5.74, 6) is 0.227. The van der Waals surface area contributed by atoms with Crippen LogP contribution >= 0.6 is 11.3 Å². The zero-order valence-electron chi connectivity index (χ0n) is 12.2. The number of thiophene rings is 1. The maximum absolute atomic E-state index is 7.54. The van der Waals surface area contributed by atoms with Gasteiger partial charge in [0.15, 0.2) is 0 Å². The Morgan fingerprint density at radius 2 is 2.05 bits per heavy atom. The van der Waals surface area contributed by atoms with Crippen LogP contribution in [0.2, 0.25) is 0 Å². The minimum Gasteiger partial charge on any atom is -0.298 e. The lowest BCUT2D eigenvalue weighted by Gasteiger charge is -2.18. The molecule has 3 nitrogen and oxygen atoms in total. The fraction of sp³-hybridized carbons (Fsp3) is 0.500. The van der Waals surface area contributed by atoms with E-state index in [1.807, 2.05) is 6.92 Å². The molecule has 2 heterocycles. The third kappa shape index (κ3) is 4.39. The van der Waals surface area contributed by atoms with Gasteiger partial charge in [-0.15, -0.1) is 11.3 Å². The lowest BCUT2D eigenvalue weighted by atomic mass is 10.2. The van der Waals surface area contributed by atoms with Crippen LogP contribution in [0, 0.1) is 5.41 Å². The van der Waals surface area contributed by atoms with E-state index in [1.165, 1.54) is 49.7 Å². The summed E-state index contributed by atoms with van der Waals surface area (Å²) in [6.07, 6.45) is 6.88. The van der Waals surface area contributed by atoms with E-state index in [-0.39, 0.29) is 5.84 Å². The maximum Gasteiger partial charge on any atom is 0.144 e. The first kappa shape index (κ1) is 15.1. The van der Waals surface area contributed by atoms with Crippen molar-refractivity contribution in [3.8, 4) is 0 Å². The number of hydrogen-bond acceptors (Lipinski definition) is 3. The second kappa shape index (κ2) is 7.50. The summed E-state index contributed by atoms with van der Waals surface area (Å²) in [6.45, 7) is 9.02. The highest BCUT2D eigenvalue weighted by molar-refractivity contribution is 7.14. The van der Waals surface area contributed by atoms with Gasteiger partial charge in [0.25, 0.3) is 0 Å². The molecule has 0 spiro atoms. The SMILES string of the molecule is C=CC(=N)N=C(C)c1ccc(CN2CCCCCC2)s1. The molecule has 1 aromatic heterocycles. The molecule has 0 atom stereocenters. The molecule has 0 bridgehead atoms. The van der Waals surface area contributed by atoms with E-state index >= 15 is 0 Å². The predicted octanol–water partition coefficient (Wildman–Crippen LogP) is 4.10. The Labute approximate surface area is 125 Å². The van der Waals surface area contributed by atoms with Gasteiger partial charge < -0.3 is 0 Å². The molecular weight excluding hydrogens is 266 g/mol. The van der Waals surface area contributed by atoms with Crippen LogP contribution in [0.1, 0.15) is 42.4 Å².